The third kappa shape index (κ3) is 4.47. The summed E-state index contributed by atoms with van der Waals surface area (Å²) >= 11 is 0. The SMILES string of the molecule is CC(=O)NCCc1ccc(Nc2[c]cccc2)cc1. The summed E-state index contributed by atoms with van der Waals surface area (Å²) in [5.74, 6) is 0.0119. The molecule has 0 fully saturated rings. The number of rotatable bonds is 5. The first-order valence-corrected chi connectivity index (χ1v) is 6.31. The van der Waals surface area contributed by atoms with Gasteiger partial charge in [-0.2, -0.15) is 0 Å². The molecule has 0 aliphatic carbocycles. The molecule has 0 atom stereocenters. The average molecular weight is 253 g/mol. The van der Waals surface area contributed by atoms with Crippen molar-refractivity contribution in [3.63, 3.8) is 0 Å². The Morgan fingerprint density at radius 3 is 2.58 bits per heavy atom. The van der Waals surface area contributed by atoms with Gasteiger partial charge in [0.1, 0.15) is 0 Å². The predicted molar refractivity (Wildman–Crippen MR) is 77.4 cm³/mol. The summed E-state index contributed by atoms with van der Waals surface area (Å²) in [6.45, 7) is 2.21. The smallest absolute Gasteiger partial charge is 0.216 e. The maximum Gasteiger partial charge on any atom is 0.216 e. The zero-order chi connectivity index (χ0) is 13.5. The van der Waals surface area contributed by atoms with E-state index in [1.165, 1.54) is 12.5 Å². The van der Waals surface area contributed by atoms with Crippen molar-refractivity contribution in [2.45, 2.75) is 13.3 Å². The second kappa shape index (κ2) is 6.59. The molecule has 0 spiro atoms. The highest BCUT2D eigenvalue weighted by Crippen LogP contribution is 2.16. The maximum atomic E-state index is 10.8. The Hall–Kier alpha value is -2.29. The minimum atomic E-state index is 0.0119. The fraction of sp³-hybridized carbons (Fsp3) is 0.188. The van der Waals surface area contributed by atoms with Crippen molar-refractivity contribution >= 4 is 17.3 Å². The van der Waals surface area contributed by atoms with Crippen LogP contribution in [0, 0.1) is 6.07 Å². The number of carbonyl (C=O) groups excluding carboxylic acids is 1. The van der Waals surface area contributed by atoms with Crippen LogP contribution in [0.3, 0.4) is 0 Å². The van der Waals surface area contributed by atoms with Crippen LogP contribution in [0.25, 0.3) is 0 Å². The molecule has 0 aromatic heterocycles. The second-order valence-corrected chi connectivity index (χ2v) is 4.33. The van der Waals surface area contributed by atoms with Crippen molar-refractivity contribution in [2.24, 2.45) is 0 Å². The molecule has 0 saturated carbocycles. The Morgan fingerprint density at radius 1 is 1.16 bits per heavy atom. The van der Waals surface area contributed by atoms with Crippen molar-refractivity contribution in [1.82, 2.24) is 5.32 Å². The molecule has 2 aromatic rings. The number of hydrogen-bond acceptors (Lipinski definition) is 2. The van der Waals surface area contributed by atoms with Crippen LogP contribution in [-0.2, 0) is 11.2 Å². The highest BCUT2D eigenvalue weighted by atomic mass is 16.1. The lowest BCUT2D eigenvalue weighted by Gasteiger charge is -2.07. The number of amides is 1. The lowest BCUT2D eigenvalue weighted by atomic mass is 10.1. The third-order valence-corrected chi connectivity index (χ3v) is 2.73. The topological polar surface area (TPSA) is 41.1 Å². The van der Waals surface area contributed by atoms with E-state index in [0.717, 1.165) is 17.8 Å². The van der Waals surface area contributed by atoms with E-state index in [-0.39, 0.29) is 5.91 Å². The van der Waals surface area contributed by atoms with Crippen LogP contribution in [0.5, 0.6) is 0 Å². The molecule has 0 aliphatic rings. The van der Waals surface area contributed by atoms with Crippen LogP contribution in [0.4, 0.5) is 11.4 Å². The normalized spacial score (nSPS) is 9.95. The van der Waals surface area contributed by atoms with Gasteiger partial charge in [0, 0.05) is 30.9 Å². The number of nitrogens with one attached hydrogen (secondary N) is 2. The minimum absolute atomic E-state index is 0.0119. The number of anilines is 2. The Bertz CT molecular complexity index is 520. The van der Waals surface area contributed by atoms with Gasteiger partial charge in [0.25, 0.3) is 0 Å². The zero-order valence-corrected chi connectivity index (χ0v) is 10.9. The largest absolute Gasteiger partial charge is 0.356 e. The molecule has 3 nitrogen and oxygen atoms in total. The molecule has 1 radical (unpaired) electrons. The molecule has 1 amide bonds. The Labute approximate surface area is 113 Å². The van der Waals surface area contributed by atoms with Gasteiger partial charge in [0.2, 0.25) is 5.91 Å². The molecular weight excluding hydrogens is 236 g/mol. The molecule has 2 aromatic carbocycles. The Kier molecular flexibility index (Phi) is 4.56. The zero-order valence-electron chi connectivity index (χ0n) is 10.9. The van der Waals surface area contributed by atoms with Crippen molar-refractivity contribution < 1.29 is 4.79 Å². The Morgan fingerprint density at radius 2 is 1.95 bits per heavy atom. The van der Waals surface area contributed by atoms with Gasteiger partial charge in [0.05, 0.1) is 0 Å². The second-order valence-electron chi connectivity index (χ2n) is 4.33. The molecule has 2 rings (SSSR count). The summed E-state index contributed by atoms with van der Waals surface area (Å²) in [4.78, 5) is 10.8. The minimum Gasteiger partial charge on any atom is -0.356 e. The quantitative estimate of drug-likeness (QED) is 0.860. The van der Waals surface area contributed by atoms with Gasteiger partial charge in [-0.05, 0) is 30.2 Å². The van der Waals surface area contributed by atoms with Gasteiger partial charge in [0.15, 0.2) is 0 Å². The fourth-order valence-corrected chi connectivity index (χ4v) is 1.76. The highest BCUT2D eigenvalue weighted by Gasteiger charge is 1.97. The van der Waals surface area contributed by atoms with Crippen molar-refractivity contribution in [3.8, 4) is 0 Å². The van der Waals surface area contributed by atoms with Crippen molar-refractivity contribution in [2.75, 3.05) is 11.9 Å². The van der Waals surface area contributed by atoms with E-state index < -0.39 is 0 Å². The molecule has 0 unspecified atom stereocenters. The van der Waals surface area contributed by atoms with Crippen LogP contribution >= 0.6 is 0 Å². The van der Waals surface area contributed by atoms with Gasteiger partial charge in [-0.15, -0.1) is 0 Å². The van der Waals surface area contributed by atoms with Gasteiger partial charge in [-0.1, -0.05) is 30.3 Å². The standard InChI is InChI=1S/C16H17N2O/c1-13(19)17-12-11-14-7-9-16(10-8-14)18-15-5-3-2-4-6-15/h2-5,7-10,18H,11-12H2,1H3,(H,17,19). The van der Waals surface area contributed by atoms with E-state index in [1.54, 1.807) is 0 Å². The lowest BCUT2D eigenvalue weighted by molar-refractivity contribution is -0.118. The molecule has 3 heteroatoms. The van der Waals surface area contributed by atoms with Crippen LogP contribution in [0.2, 0.25) is 0 Å². The molecule has 97 valence electrons. The summed E-state index contributed by atoms with van der Waals surface area (Å²) < 4.78 is 0. The maximum absolute atomic E-state index is 10.8. The summed E-state index contributed by atoms with van der Waals surface area (Å²) in [5.41, 5.74) is 3.19. The predicted octanol–water partition coefficient (Wildman–Crippen LogP) is 2.91. The van der Waals surface area contributed by atoms with E-state index in [4.69, 9.17) is 0 Å². The summed E-state index contributed by atoms with van der Waals surface area (Å²) in [6.07, 6.45) is 0.845. The first-order chi connectivity index (χ1) is 9.24. The van der Waals surface area contributed by atoms with Gasteiger partial charge >= 0.3 is 0 Å². The average Bonchev–Trinajstić information content (AvgIpc) is 2.42. The van der Waals surface area contributed by atoms with Gasteiger partial charge in [-0.25, -0.2) is 0 Å². The first kappa shape index (κ1) is 13.1. The number of carbonyl (C=O) groups is 1. The molecule has 0 bridgehead atoms. The van der Waals surface area contributed by atoms with E-state index in [9.17, 15) is 4.79 Å². The highest BCUT2D eigenvalue weighted by molar-refractivity contribution is 5.72. The number of hydrogen-bond donors (Lipinski definition) is 2. The molecule has 0 saturated heterocycles. The lowest BCUT2D eigenvalue weighted by Crippen LogP contribution is -2.22. The van der Waals surface area contributed by atoms with Gasteiger partial charge in [-0.3, -0.25) is 4.79 Å². The summed E-state index contributed by atoms with van der Waals surface area (Å²) in [5, 5.41) is 6.07. The monoisotopic (exact) mass is 253 g/mol. The Balaban J connectivity index is 1.89. The van der Waals surface area contributed by atoms with Crippen molar-refractivity contribution in [3.05, 3.63) is 60.2 Å². The fourth-order valence-electron chi connectivity index (χ4n) is 1.76. The van der Waals surface area contributed by atoms with Crippen LogP contribution < -0.4 is 10.6 Å². The van der Waals surface area contributed by atoms with Crippen LogP contribution in [0.1, 0.15) is 12.5 Å². The van der Waals surface area contributed by atoms with E-state index >= 15 is 0 Å². The van der Waals surface area contributed by atoms with E-state index in [0.29, 0.717) is 6.54 Å². The molecular formula is C16H17N2O. The summed E-state index contributed by atoms with van der Waals surface area (Å²) in [6, 6.07) is 19.1. The van der Waals surface area contributed by atoms with E-state index in [2.05, 4.69) is 28.8 Å². The number of para-hydroxylation sites is 1. The molecule has 19 heavy (non-hydrogen) atoms. The van der Waals surface area contributed by atoms with E-state index in [1.807, 2.05) is 36.4 Å². The van der Waals surface area contributed by atoms with Gasteiger partial charge < -0.3 is 10.6 Å². The molecule has 2 N–H and O–H groups in total. The van der Waals surface area contributed by atoms with Crippen LogP contribution in [0.15, 0.2) is 48.5 Å². The van der Waals surface area contributed by atoms with Crippen LogP contribution in [-0.4, -0.2) is 12.5 Å². The molecule has 0 aliphatic heterocycles. The number of benzene rings is 2. The first-order valence-electron chi connectivity index (χ1n) is 6.31. The van der Waals surface area contributed by atoms with Crippen molar-refractivity contribution in [1.29, 1.82) is 0 Å². The summed E-state index contributed by atoms with van der Waals surface area (Å²) in [7, 11) is 0. The third-order valence-electron chi connectivity index (χ3n) is 2.73. The molecule has 0 heterocycles.